The van der Waals surface area contributed by atoms with Crippen LogP contribution in [0.15, 0.2) is 40.2 Å². The average molecular weight is 335 g/mol. The van der Waals surface area contributed by atoms with E-state index in [2.05, 4.69) is 40.2 Å². The predicted octanol–water partition coefficient (Wildman–Crippen LogP) is 4.52. The molecule has 1 fully saturated rings. The van der Waals surface area contributed by atoms with Gasteiger partial charge in [-0.1, -0.05) is 24.3 Å². The first-order valence-electron chi connectivity index (χ1n) is 6.76. The number of aliphatic hydroxyl groups excluding tert-OH is 1. The fraction of sp³-hybridized carbons (Fsp3) is 0.375. The molecule has 0 spiro atoms. The van der Waals surface area contributed by atoms with E-state index in [0.717, 1.165) is 9.35 Å². The third-order valence-corrected chi connectivity index (χ3v) is 6.61. The normalized spacial score (nSPS) is 29.5. The van der Waals surface area contributed by atoms with Gasteiger partial charge in [0.2, 0.25) is 0 Å². The lowest BCUT2D eigenvalue weighted by atomic mass is 9.92. The molecule has 4 atom stereocenters. The number of halogens is 1. The fourth-order valence-corrected chi connectivity index (χ4v) is 5.39. The van der Waals surface area contributed by atoms with Crippen LogP contribution in [0.5, 0.6) is 0 Å². The number of fused-ring (bicyclic) bond motifs is 3. The first kappa shape index (κ1) is 12.1. The number of rotatable bonds is 2. The molecule has 1 aromatic heterocycles. The molecule has 0 aliphatic heterocycles. The van der Waals surface area contributed by atoms with Crippen molar-refractivity contribution in [2.75, 3.05) is 0 Å². The number of benzene rings is 1. The van der Waals surface area contributed by atoms with Crippen LogP contribution in [0.4, 0.5) is 0 Å². The summed E-state index contributed by atoms with van der Waals surface area (Å²) in [5.41, 5.74) is 2.97. The first-order valence-corrected chi connectivity index (χ1v) is 8.43. The van der Waals surface area contributed by atoms with Crippen LogP contribution in [0.1, 0.15) is 34.4 Å². The molecule has 1 N–H and O–H groups in total. The minimum Gasteiger partial charge on any atom is -0.387 e. The van der Waals surface area contributed by atoms with Crippen molar-refractivity contribution in [3.05, 3.63) is 56.2 Å². The van der Waals surface area contributed by atoms with Gasteiger partial charge in [-0.3, -0.25) is 0 Å². The van der Waals surface area contributed by atoms with Gasteiger partial charge in [-0.05, 0) is 63.2 Å². The van der Waals surface area contributed by atoms with Gasteiger partial charge in [0.05, 0.1) is 6.10 Å². The Balaban J connectivity index is 1.66. The molecule has 4 unspecified atom stereocenters. The summed E-state index contributed by atoms with van der Waals surface area (Å²) in [5.74, 6) is 1.67. The number of aryl methyl sites for hydroxylation is 1. The van der Waals surface area contributed by atoms with Gasteiger partial charge in [0.15, 0.2) is 0 Å². The zero-order chi connectivity index (χ0) is 13.0. The lowest BCUT2D eigenvalue weighted by Crippen LogP contribution is -2.00. The highest BCUT2D eigenvalue weighted by Crippen LogP contribution is 2.64. The second-order valence-electron chi connectivity index (χ2n) is 5.58. The Morgan fingerprint density at radius 3 is 2.89 bits per heavy atom. The molecular formula is C16H15BrOS. The quantitative estimate of drug-likeness (QED) is 0.855. The summed E-state index contributed by atoms with van der Waals surface area (Å²) in [6, 6.07) is 10.8. The molecule has 1 heterocycles. The lowest BCUT2D eigenvalue weighted by Gasteiger charge is -2.13. The van der Waals surface area contributed by atoms with E-state index in [1.165, 1.54) is 24.0 Å². The van der Waals surface area contributed by atoms with E-state index in [1.807, 2.05) is 11.4 Å². The summed E-state index contributed by atoms with van der Waals surface area (Å²) in [4.78, 5) is 1.09. The maximum absolute atomic E-state index is 10.7. The molecule has 2 aliphatic rings. The van der Waals surface area contributed by atoms with E-state index in [1.54, 1.807) is 11.3 Å². The van der Waals surface area contributed by atoms with Gasteiger partial charge in [-0.2, -0.15) is 0 Å². The van der Waals surface area contributed by atoms with Gasteiger partial charge >= 0.3 is 0 Å². The van der Waals surface area contributed by atoms with Crippen molar-refractivity contribution in [1.82, 2.24) is 0 Å². The van der Waals surface area contributed by atoms with Crippen molar-refractivity contribution < 1.29 is 5.11 Å². The number of hydrogen-bond donors (Lipinski definition) is 1. The third-order valence-electron chi connectivity index (χ3n) is 4.67. The Hall–Kier alpha value is -0.640. The molecule has 0 bridgehead atoms. The maximum Gasteiger partial charge on any atom is 0.0930 e. The van der Waals surface area contributed by atoms with Gasteiger partial charge in [0, 0.05) is 15.3 Å². The van der Waals surface area contributed by atoms with Crippen LogP contribution in [0.25, 0.3) is 0 Å². The van der Waals surface area contributed by atoms with Gasteiger partial charge in [0.25, 0.3) is 0 Å². The monoisotopic (exact) mass is 334 g/mol. The Labute approximate surface area is 125 Å². The van der Waals surface area contributed by atoms with Crippen molar-refractivity contribution in [1.29, 1.82) is 0 Å². The first-order chi connectivity index (χ1) is 9.27. The minimum absolute atomic E-state index is 0.310. The molecule has 4 rings (SSSR count). The standard InChI is InChI=1S/C16H15BrOS/c17-12-7-8-19-16(12)15(18)14-11-6-5-9-3-1-2-4-10(9)13(11)14/h1-4,7-8,11,13-15,18H,5-6H2. The Morgan fingerprint density at radius 2 is 2.11 bits per heavy atom. The predicted molar refractivity (Wildman–Crippen MR) is 81.5 cm³/mol. The molecule has 0 radical (unpaired) electrons. The molecule has 1 nitrogen and oxygen atoms in total. The second kappa shape index (κ2) is 4.44. The molecule has 1 aromatic carbocycles. The Morgan fingerprint density at radius 1 is 1.26 bits per heavy atom. The van der Waals surface area contributed by atoms with E-state index in [9.17, 15) is 5.11 Å². The van der Waals surface area contributed by atoms with Crippen LogP contribution in [0.2, 0.25) is 0 Å². The van der Waals surface area contributed by atoms with Crippen molar-refractivity contribution in [2.45, 2.75) is 24.9 Å². The molecule has 19 heavy (non-hydrogen) atoms. The van der Waals surface area contributed by atoms with Crippen LogP contribution in [-0.2, 0) is 6.42 Å². The van der Waals surface area contributed by atoms with Crippen LogP contribution in [0, 0.1) is 11.8 Å². The Bertz CT molecular complexity index is 621. The van der Waals surface area contributed by atoms with Crippen LogP contribution in [0.3, 0.4) is 0 Å². The van der Waals surface area contributed by atoms with E-state index in [-0.39, 0.29) is 6.10 Å². The van der Waals surface area contributed by atoms with Crippen molar-refractivity contribution in [3.8, 4) is 0 Å². The highest BCUT2D eigenvalue weighted by molar-refractivity contribution is 9.10. The number of hydrogen-bond acceptors (Lipinski definition) is 2. The molecule has 0 amide bonds. The number of aliphatic hydroxyl groups is 1. The van der Waals surface area contributed by atoms with Crippen molar-refractivity contribution in [2.24, 2.45) is 11.8 Å². The molecule has 0 saturated heterocycles. The molecule has 1 saturated carbocycles. The van der Waals surface area contributed by atoms with E-state index < -0.39 is 0 Å². The number of thiophene rings is 1. The molecular weight excluding hydrogens is 320 g/mol. The summed E-state index contributed by atoms with van der Waals surface area (Å²) >= 11 is 5.20. The highest BCUT2D eigenvalue weighted by atomic mass is 79.9. The fourth-order valence-electron chi connectivity index (χ4n) is 3.74. The minimum atomic E-state index is -0.310. The summed E-state index contributed by atoms with van der Waals surface area (Å²) in [7, 11) is 0. The van der Waals surface area contributed by atoms with Crippen molar-refractivity contribution in [3.63, 3.8) is 0 Å². The van der Waals surface area contributed by atoms with E-state index in [0.29, 0.717) is 17.8 Å². The molecule has 2 aromatic rings. The Kier molecular flexibility index (Phi) is 2.83. The zero-order valence-electron chi connectivity index (χ0n) is 10.4. The molecule has 98 valence electrons. The van der Waals surface area contributed by atoms with Gasteiger partial charge in [-0.25, -0.2) is 0 Å². The van der Waals surface area contributed by atoms with Gasteiger partial charge in [-0.15, -0.1) is 11.3 Å². The second-order valence-corrected chi connectivity index (χ2v) is 7.38. The van der Waals surface area contributed by atoms with Crippen molar-refractivity contribution >= 4 is 27.3 Å². The van der Waals surface area contributed by atoms with Crippen LogP contribution in [-0.4, -0.2) is 5.11 Å². The van der Waals surface area contributed by atoms with Gasteiger partial charge < -0.3 is 5.11 Å². The van der Waals surface area contributed by atoms with Crippen LogP contribution < -0.4 is 0 Å². The summed E-state index contributed by atoms with van der Waals surface area (Å²) < 4.78 is 1.06. The van der Waals surface area contributed by atoms with E-state index >= 15 is 0 Å². The van der Waals surface area contributed by atoms with E-state index in [4.69, 9.17) is 0 Å². The van der Waals surface area contributed by atoms with Crippen LogP contribution >= 0.6 is 27.3 Å². The van der Waals surface area contributed by atoms with Gasteiger partial charge in [0.1, 0.15) is 0 Å². The smallest absolute Gasteiger partial charge is 0.0930 e. The third kappa shape index (κ3) is 1.83. The maximum atomic E-state index is 10.7. The highest BCUT2D eigenvalue weighted by Gasteiger charge is 2.56. The summed E-state index contributed by atoms with van der Waals surface area (Å²) in [6.45, 7) is 0. The molecule has 2 aliphatic carbocycles. The topological polar surface area (TPSA) is 20.2 Å². The molecule has 3 heteroatoms. The lowest BCUT2D eigenvalue weighted by molar-refractivity contribution is 0.148. The SMILES string of the molecule is OC(c1sccc1Br)C1C2CCc3ccccc3C21. The summed E-state index contributed by atoms with van der Waals surface area (Å²) in [6.07, 6.45) is 2.09. The average Bonchev–Trinajstić information content (AvgIpc) is 3.04. The summed E-state index contributed by atoms with van der Waals surface area (Å²) in [5, 5.41) is 12.7. The largest absolute Gasteiger partial charge is 0.387 e. The zero-order valence-corrected chi connectivity index (χ0v) is 12.8.